The fourth-order valence-corrected chi connectivity index (χ4v) is 3.30. The van der Waals surface area contributed by atoms with Gasteiger partial charge in [-0.3, -0.25) is 10.3 Å². The first-order valence-corrected chi connectivity index (χ1v) is 8.45. The maximum absolute atomic E-state index is 12.3. The van der Waals surface area contributed by atoms with Gasteiger partial charge in [0.1, 0.15) is 6.61 Å². The van der Waals surface area contributed by atoms with Crippen LogP contribution in [-0.2, 0) is 4.74 Å². The Morgan fingerprint density at radius 2 is 2.00 bits per heavy atom. The third-order valence-corrected chi connectivity index (χ3v) is 4.60. The number of cyclic esters (lactones) is 1. The molecule has 24 heavy (non-hydrogen) atoms. The van der Waals surface area contributed by atoms with E-state index in [0.717, 1.165) is 18.5 Å². The van der Waals surface area contributed by atoms with Crippen molar-refractivity contribution in [1.82, 2.24) is 10.4 Å². The highest BCUT2D eigenvalue weighted by atomic mass is 16.6. The van der Waals surface area contributed by atoms with Crippen LogP contribution in [0.5, 0.6) is 0 Å². The van der Waals surface area contributed by atoms with Crippen LogP contribution in [0.4, 0.5) is 21.0 Å². The van der Waals surface area contributed by atoms with Gasteiger partial charge >= 0.3 is 12.1 Å². The average molecular weight is 332 g/mol. The number of nitrogens with one attached hydrogen (secondary N) is 2. The van der Waals surface area contributed by atoms with E-state index in [-0.39, 0.29) is 12.1 Å². The minimum Gasteiger partial charge on any atom is -0.447 e. The molecule has 0 aromatic heterocycles. The lowest BCUT2D eigenvalue weighted by Gasteiger charge is -2.38. The first kappa shape index (κ1) is 16.6. The predicted molar refractivity (Wildman–Crippen MR) is 91.9 cm³/mol. The third-order valence-electron chi connectivity index (χ3n) is 4.60. The van der Waals surface area contributed by atoms with E-state index in [4.69, 9.17) is 4.74 Å². The molecule has 7 heteroatoms. The zero-order chi connectivity index (χ0) is 17.1. The van der Waals surface area contributed by atoms with Crippen molar-refractivity contribution in [3.63, 3.8) is 0 Å². The van der Waals surface area contributed by atoms with Crippen molar-refractivity contribution in [3.05, 3.63) is 24.3 Å². The second-order valence-electron chi connectivity index (χ2n) is 6.42. The fraction of sp³-hybridized carbons (Fsp3) is 0.529. The summed E-state index contributed by atoms with van der Waals surface area (Å²) in [6.45, 7) is 5.16. The molecule has 2 N–H and O–H groups in total. The third kappa shape index (κ3) is 3.62. The van der Waals surface area contributed by atoms with Crippen molar-refractivity contribution in [3.8, 4) is 0 Å². The molecule has 0 radical (unpaired) electrons. The van der Waals surface area contributed by atoms with E-state index in [9.17, 15) is 9.59 Å². The number of piperidine rings is 1. The quantitative estimate of drug-likeness (QED) is 0.892. The van der Waals surface area contributed by atoms with Gasteiger partial charge in [-0.1, -0.05) is 12.5 Å². The van der Waals surface area contributed by atoms with E-state index < -0.39 is 0 Å². The largest absolute Gasteiger partial charge is 0.447 e. The van der Waals surface area contributed by atoms with Crippen LogP contribution in [0.1, 0.15) is 33.1 Å². The highest BCUT2D eigenvalue weighted by Crippen LogP contribution is 2.23. The van der Waals surface area contributed by atoms with E-state index in [1.54, 1.807) is 17.0 Å². The molecule has 2 heterocycles. The van der Waals surface area contributed by atoms with Crippen LogP contribution in [0.3, 0.4) is 0 Å². The van der Waals surface area contributed by atoms with Crippen LogP contribution >= 0.6 is 0 Å². The number of carbonyl (C=O) groups is 2. The van der Waals surface area contributed by atoms with Crippen LogP contribution in [0, 0.1) is 0 Å². The number of rotatable bonds is 3. The Hall–Kier alpha value is -2.28. The molecular formula is C17H24N4O3. The molecule has 1 aromatic rings. The Bertz CT molecular complexity index is 612. The molecule has 2 aliphatic rings. The normalized spacial score (nSPS) is 24.6. The lowest BCUT2D eigenvalue weighted by Crippen LogP contribution is -2.55. The Balaban J connectivity index is 1.63. The van der Waals surface area contributed by atoms with E-state index in [2.05, 4.69) is 24.6 Å². The molecule has 2 fully saturated rings. The maximum Gasteiger partial charge on any atom is 0.414 e. The van der Waals surface area contributed by atoms with Crippen LogP contribution < -0.4 is 15.6 Å². The van der Waals surface area contributed by atoms with Crippen molar-refractivity contribution < 1.29 is 14.3 Å². The molecule has 2 aliphatic heterocycles. The minimum absolute atomic E-state index is 0.267. The van der Waals surface area contributed by atoms with Crippen molar-refractivity contribution >= 4 is 23.5 Å². The van der Waals surface area contributed by atoms with Gasteiger partial charge in [0.25, 0.3) is 0 Å². The Morgan fingerprint density at radius 3 is 2.67 bits per heavy atom. The lowest BCUT2D eigenvalue weighted by molar-refractivity contribution is 0.0625. The molecule has 0 saturated carbocycles. The molecule has 0 spiro atoms. The Morgan fingerprint density at radius 1 is 1.25 bits per heavy atom. The first-order valence-electron chi connectivity index (χ1n) is 8.45. The second-order valence-corrected chi connectivity index (χ2v) is 6.42. The van der Waals surface area contributed by atoms with Gasteiger partial charge in [0.05, 0.1) is 6.54 Å². The number of hydrogen-bond donors (Lipinski definition) is 2. The number of urea groups is 1. The number of carbonyl (C=O) groups excluding carboxylic acids is 2. The Kier molecular flexibility index (Phi) is 4.89. The number of anilines is 2. The highest BCUT2D eigenvalue weighted by Gasteiger charge is 2.26. The summed E-state index contributed by atoms with van der Waals surface area (Å²) >= 11 is 0. The van der Waals surface area contributed by atoms with E-state index in [1.807, 2.05) is 17.1 Å². The van der Waals surface area contributed by atoms with Gasteiger partial charge in [0.2, 0.25) is 0 Å². The summed E-state index contributed by atoms with van der Waals surface area (Å²) in [7, 11) is 0. The first-order chi connectivity index (χ1) is 11.5. The number of benzene rings is 1. The van der Waals surface area contributed by atoms with Gasteiger partial charge in [0, 0.05) is 23.5 Å². The molecular weight excluding hydrogens is 308 g/mol. The van der Waals surface area contributed by atoms with Crippen molar-refractivity contribution in [1.29, 1.82) is 0 Å². The van der Waals surface area contributed by atoms with Gasteiger partial charge < -0.3 is 10.1 Å². The molecule has 2 saturated heterocycles. The summed E-state index contributed by atoms with van der Waals surface area (Å²) in [5.74, 6) is 0. The summed E-state index contributed by atoms with van der Waals surface area (Å²) in [5, 5.41) is 4.85. The smallest absolute Gasteiger partial charge is 0.414 e. The summed E-state index contributed by atoms with van der Waals surface area (Å²) in [6, 6.07) is 7.59. The van der Waals surface area contributed by atoms with E-state index in [1.165, 1.54) is 6.42 Å². The molecule has 130 valence electrons. The zero-order valence-electron chi connectivity index (χ0n) is 14.1. The summed E-state index contributed by atoms with van der Waals surface area (Å²) in [5.41, 5.74) is 4.30. The lowest BCUT2D eigenvalue weighted by atomic mass is 10.00. The molecule has 1 aromatic carbocycles. The van der Waals surface area contributed by atoms with Crippen LogP contribution in [0.2, 0.25) is 0 Å². The molecule has 0 aliphatic carbocycles. The molecule has 7 nitrogen and oxygen atoms in total. The maximum atomic E-state index is 12.3. The predicted octanol–water partition coefficient (Wildman–Crippen LogP) is 2.94. The highest BCUT2D eigenvalue weighted by molar-refractivity contribution is 5.92. The monoisotopic (exact) mass is 332 g/mol. The number of hydrogen-bond acceptors (Lipinski definition) is 4. The molecule has 0 unspecified atom stereocenters. The second kappa shape index (κ2) is 7.09. The van der Waals surface area contributed by atoms with E-state index >= 15 is 0 Å². The summed E-state index contributed by atoms with van der Waals surface area (Å²) < 4.78 is 4.95. The summed E-state index contributed by atoms with van der Waals surface area (Å²) in [4.78, 5) is 25.5. The van der Waals surface area contributed by atoms with Gasteiger partial charge in [-0.05, 0) is 44.9 Å². The van der Waals surface area contributed by atoms with Crippen molar-refractivity contribution in [2.45, 2.75) is 45.2 Å². The number of nitrogens with zero attached hydrogens (tertiary/aromatic N) is 2. The minimum atomic E-state index is -0.354. The average Bonchev–Trinajstić information content (AvgIpc) is 2.97. The van der Waals surface area contributed by atoms with Crippen LogP contribution in [-0.4, -0.2) is 42.4 Å². The zero-order valence-corrected chi connectivity index (χ0v) is 14.1. The SMILES string of the molecule is C[C@@H]1CCC[C@H](C)N1NC(=O)Nc1cccc(N2CCOC2=O)c1. The van der Waals surface area contributed by atoms with Crippen LogP contribution in [0.25, 0.3) is 0 Å². The van der Waals surface area contributed by atoms with Gasteiger partial charge in [-0.25, -0.2) is 14.6 Å². The summed E-state index contributed by atoms with van der Waals surface area (Å²) in [6.07, 6.45) is 3.00. The topological polar surface area (TPSA) is 73.9 Å². The van der Waals surface area contributed by atoms with Crippen molar-refractivity contribution in [2.75, 3.05) is 23.4 Å². The molecule has 2 atom stereocenters. The Labute approximate surface area is 141 Å². The van der Waals surface area contributed by atoms with Crippen LogP contribution in [0.15, 0.2) is 24.3 Å². The molecule has 3 amide bonds. The van der Waals surface area contributed by atoms with Crippen molar-refractivity contribution in [2.24, 2.45) is 0 Å². The number of amides is 3. The van der Waals surface area contributed by atoms with Gasteiger partial charge in [0.15, 0.2) is 0 Å². The molecule has 0 bridgehead atoms. The standard InChI is InChI=1S/C17H24N4O3/c1-12-5-3-6-13(2)21(12)19-16(22)18-14-7-4-8-15(11-14)20-9-10-24-17(20)23/h4,7-8,11-13H,3,5-6,9-10H2,1-2H3,(H2,18,19,22)/t12-,13+. The fourth-order valence-electron chi connectivity index (χ4n) is 3.30. The van der Waals surface area contributed by atoms with Gasteiger partial charge in [-0.2, -0.15) is 0 Å². The number of ether oxygens (including phenoxy) is 1. The van der Waals surface area contributed by atoms with Gasteiger partial charge in [-0.15, -0.1) is 0 Å². The number of hydrazine groups is 1. The molecule has 3 rings (SSSR count). The van der Waals surface area contributed by atoms with E-state index in [0.29, 0.717) is 30.9 Å².